The van der Waals surface area contributed by atoms with Gasteiger partial charge in [-0.15, -0.1) is 0 Å². The fourth-order valence-corrected chi connectivity index (χ4v) is 3.18. The Kier molecular flexibility index (Phi) is 5.25. The number of amides is 1. The smallest absolute Gasteiger partial charge is 0.410 e. The highest BCUT2D eigenvalue weighted by atomic mass is 79.9. The molecule has 1 saturated heterocycles. The number of fused-ring (bicyclic) bond motifs is 1. The number of anilines is 1. The fourth-order valence-electron chi connectivity index (χ4n) is 2.61. The molecular formula is C17H21BrClN5O2. The molecule has 0 bridgehead atoms. The molecule has 2 aromatic rings. The normalized spacial score (nSPS) is 17.6. The third-order valence-corrected chi connectivity index (χ3v) is 5.11. The molecule has 0 unspecified atom stereocenters. The average Bonchev–Trinajstić information content (AvgIpc) is 3.00. The van der Waals surface area contributed by atoms with E-state index in [4.69, 9.17) is 16.3 Å². The van der Waals surface area contributed by atoms with E-state index in [0.29, 0.717) is 41.6 Å². The van der Waals surface area contributed by atoms with Crippen molar-refractivity contribution in [1.82, 2.24) is 19.9 Å². The van der Waals surface area contributed by atoms with E-state index in [1.54, 1.807) is 18.1 Å². The molecule has 9 heteroatoms. The molecule has 3 rings (SSSR count). The van der Waals surface area contributed by atoms with Gasteiger partial charge < -0.3 is 14.5 Å². The van der Waals surface area contributed by atoms with Crippen LogP contribution in [-0.2, 0) is 4.74 Å². The van der Waals surface area contributed by atoms with Crippen molar-refractivity contribution in [2.75, 3.05) is 25.0 Å². The molecule has 26 heavy (non-hydrogen) atoms. The van der Waals surface area contributed by atoms with Gasteiger partial charge >= 0.3 is 6.09 Å². The van der Waals surface area contributed by atoms with E-state index < -0.39 is 0 Å². The van der Waals surface area contributed by atoms with Crippen molar-refractivity contribution >= 4 is 50.6 Å². The highest BCUT2D eigenvalue weighted by molar-refractivity contribution is 9.10. The molecule has 3 heterocycles. The third-order valence-electron chi connectivity index (χ3n) is 4.42. The summed E-state index contributed by atoms with van der Waals surface area (Å²) >= 11 is 9.69. The first-order chi connectivity index (χ1) is 12.1. The van der Waals surface area contributed by atoms with E-state index >= 15 is 0 Å². The van der Waals surface area contributed by atoms with Crippen LogP contribution in [0.25, 0.3) is 11.2 Å². The van der Waals surface area contributed by atoms with E-state index in [2.05, 4.69) is 30.9 Å². The van der Waals surface area contributed by atoms with Crippen molar-refractivity contribution in [1.29, 1.82) is 0 Å². The lowest BCUT2D eigenvalue weighted by atomic mass is 10.1. The Labute approximate surface area is 165 Å². The number of hydrogen-bond donors (Lipinski definition) is 0. The number of carbonyl (C=O) groups excluding carboxylic acids is 1. The Morgan fingerprint density at radius 2 is 2.15 bits per heavy atom. The van der Waals surface area contributed by atoms with Gasteiger partial charge in [-0.2, -0.15) is 0 Å². The largest absolute Gasteiger partial charge is 0.444 e. The fraction of sp³-hybridized carbons (Fsp3) is 0.529. The van der Waals surface area contributed by atoms with Gasteiger partial charge in [0.2, 0.25) is 0 Å². The SMILES string of the molecule is CN(C(=O)O[C@@H]1CCN(c2nc3ncc(Br)cc3nc2Cl)C1)C(C)(C)C. The summed E-state index contributed by atoms with van der Waals surface area (Å²) in [6.45, 7) is 7.11. The minimum Gasteiger partial charge on any atom is -0.444 e. The molecule has 0 aliphatic carbocycles. The summed E-state index contributed by atoms with van der Waals surface area (Å²) in [5.41, 5.74) is 0.866. The molecule has 2 aromatic heterocycles. The monoisotopic (exact) mass is 441 g/mol. The Morgan fingerprint density at radius 1 is 1.42 bits per heavy atom. The van der Waals surface area contributed by atoms with Crippen molar-refractivity contribution in [3.8, 4) is 0 Å². The molecule has 1 aliphatic heterocycles. The van der Waals surface area contributed by atoms with Crippen LogP contribution in [0.15, 0.2) is 16.7 Å². The van der Waals surface area contributed by atoms with Gasteiger partial charge in [0.05, 0.1) is 6.54 Å². The van der Waals surface area contributed by atoms with Crippen LogP contribution < -0.4 is 4.90 Å². The maximum absolute atomic E-state index is 12.3. The lowest BCUT2D eigenvalue weighted by Crippen LogP contribution is -2.44. The van der Waals surface area contributed by atoms with E-state index in [0.717, 1.165) is 4.47 Å². The number of aromatic nitrogens is 3. The zero-order valence-corrected chi connectivity index (χ0v) is 17.5. The molecule has 1 fully saturated rings. The molecule has 140 valence electrons. The highest BCUT2D eigenvalue weighted by Gasteiger charge is 2.31. The summed E-state index contributed by atoms with van der Waals surface area (Å²) in [4.78, 5) is 29.0. The number of rotatable bonds is 2. The summed E-state index contributed by atoms with van der Waals surface area (Å²) in [6, 6.07) is 1.82. The van der Waals surface area contributed by atoms with Crippen LogP contribution in [0.1, 0.15) is 27.2 Å². The van der Waals surface area contributed by atoms with Crippen LogP contribution in [0, 0.1) is 0 Å². The van der Waals surface area contributed by atoms with E-state index in [-0.39, 0.29) is 17.7 Å². The number of halogens is 2. The van der Waals surface area contributed by atoms with Gasteiger partial charge in [-0.3, -0.25) is 0 Å². The van der Waals surface area contributed by atoms with Gasteiger partial charge in [-0.05, 0) is 42.8 Å². The van der Waals surface area contributed by atoms with Gasteiger partial charge in [-0.25, -0.2) is 19.7 Å². The predicted molar refractivity (Wildman–Crippen MR) is 105 cm³/mol. The quantitative estimate of drug-likeness (QED) is 0.703. The zero-order valence-electron chi connectivity index (χ0n) is 15.2. The average molecular weight is 443 g/mol. The molecule has 1 atom stereocenters. The molecule has 0 spiro atoms. The molecule has 0 saturated carbocycles. The standard InChI is InChI=1S/C17H21BrClN5O2/c1-17(2,3)23(4)16(25)26-11-5-6-24(9-11)15-13(19)21-12-7-10(18)8-20-14(12)22-15/h7-8,11H,5-6,9H2,1-4H3/t11-/m1/s1. The molecule has 0 aromatic carbocycles. The molecule has 1 amide bonds. The topological polar surface area (TPSA) is 71.5 Å². The second-order valence-corrected chi connectivity index (χ2v) is 8.58. The van der Waals surface area contributed by atoms with Crippen molar-refractivity contribution < 1.29 is 9.53 Å². The molecule has 1 aliphatic rings. The third kappa shape index (κ3) is 4.01. The Balaban J connectivity index is 1.73. The maximum Gasteiger partial charge on any atom is 0.410 e. The number of ether oxygens (including phenoxy) is 1. The lowest BCUT2D eigenvalue weighted by molar-refractivity contribution is 0.0545. The minimum absolute atomic E-state index is 0.209. The summed E-state index contributed by atoms with van der Waals surface area (Å²) in [5.74, 6) is 0.566. The van der Waals surface area contributed by atoms with Gasteiger partial charge in [0.25, 0.3) is 0 Å². The van der Waals surface area contributed by atoms with Crippen molar-refractivity contribution in [3.05, 3.63) is 21.9 Å². The van der Waals surface area contributed by atoms with Crippen molar-refractivity contribution in [2.45, 2.75) is 38.8 Å². The lowest BCUT2D eigenvalue weighted by Gasteiger charge is -2.32. The first kappa shape index (κ1) is 19.1. The second kappa shape index (κ2) is 7.15. The number of carbonyl (C=O) groups is 1. The molecular weight excluding hydrogens is 422 g/mol. The zero-order chi connectivity index (χ0) is 19.1. The van der Waals surface area contributed by atoms with Crippen LogP contribution >= 0.6 is 27.5 Å². The molecule has 0 radical (unpaired) electrons. The number of hydrogen-bond acceptors (Lipinski definition) is 6. The van der Waals surface area contributed by atoms with E-state index in [1.807, 2.05) is 31.7 Å². The Hall–Kier alpha value is -1.67. The van der Waals surface area contributed by atoms with Crippen molar-refractivity contribution in [2.24, 2.45) is 0 Å². The molecule has 7 nitrogen and oxygen atoms in total. The van der Waals surface area contributed by atoms with Gasteiger partial charge in [0.1, 0.15) is 11.6 Å². The summed E-state index contributed by atoms with van der Waals surface area (Å²) in [6.07, 6.45) is 1.85. The minimum atomic E-state index is -0.327. The van der Waals surface area contributed by atoms with Crippen LogP contribution in [0.3, 0.4) is 0 Å². The predicted octanol–water partition coefficient (Wildman–Crippen LogP) is 3.89. The van der Waals surface area contributed by atoms with E-state index in [9.17, 15) is 4.79 Å². The van der Waals surface area contributed by atoms with Crippen LogP contribution in [0.2, 0.25) is 5.15 Å². The van der Waals surface area contributed by atoms with Gasteiger partial charge in [0, 0.05) is 36.2 Å². The van der Waals surface area contributed by atoms with Gasteiger partial charge in [-0.1, -0.05) is 11.6 Å². The van der Waals surface area contributed by atoms with Crippen LogP contribution in [0.5, 0.6) is 0 Å². The Morgan fingerprint density at radius 3 is 2.85 bits per heavy atom. The number of nitrogens with zero attached hydrogens (tertiary/aromatic N) is 5. The van der Waals surface area contributed by atoms with Crippen molar-refractivity contribution in [3.63, 3.8) is 0 Å². The summed E-state index contributed by atoms with van der Waals surface area (Å²) < 4.78 is 6.45. The first-order valence-corrected chi connectivity index (χ1v) is 9.50. The second-order valence-electron chi connectivity index (χ2n) is 7.30. The van der Waals surface area contributed by atoms with Crippen LogP contribution in [0.4, 0.5) is 10.6 Å². The summed E-state index contributed by atoms with van der Waals surface area (Å²) in [7, 11) is 1.74. The highest BCUT2D eigenvalue weighted by Crippen LogP contribution is 2.29. The number of pyridine rings is 1. The maximum atomic E-state index is 12.3. The summed E-state index contributed by atoms with van der Waals surface area (Å²) in [5, 5.41) is 0.316. The molecule has 0 N–H and O–H groups in total. The Bertz CT molecular complexity index is 842. The van der Waals surface area contributed by atoms with E-state index in [1.165, 1.54) is 0 Å². The van der Waals surface area contributed by atoms with Crippen LogP contribution in [-0.4, -0.2) is 57.7 Å². The first-order valence-electron chi connectivity index (χ1n) is 8.33. The van der Waals surface area contributed by atoms with Gasteiger partial charge in [0.15, 0.2) is 16.6 Å².